The van der Waals surface area contributed by atoms with Crippen LogP contribution in [0.1, 0.15) is 44.1 Å². The van der Waals surface area contributed by atoms with Gasteiger partial charge in [-0.3, -0.25) is 0 Å². The summed E-state index contributed by atoms with van der Waals surface area (Å²) in [6.07, 6.45) is 9.20. The highest BCUT2D eigenvalue weighted by Gasteiger charge is 2.44. The summed E-state index contributed by atoms with van der Waals surface area (Å²) in [7, 11) is -0.315. The second kappa shape index (κ2) is 11.2. The third-order valence-electron chi connectivity index (χ3n) is 7.37. The molecule has 11 heteroatoms. The lowest BCUT2D eigenvalue weighted by Gasteiger charge is -2.53. The smallest absolute Gasteiger partial charge is 0.226 e. The fourth-order valence-electron chi connectivity index (χ4n) is 5.47. The van der Waals surface area contributed by atoms with Crippen LogP contribution in [0.2, 0.25) is 5.28 Å². The number of methoxy groups -OCH3 is 1. The van der Waals surface area contributed by atoms with Crippen LogP contribution >= 0.6 is 20.0 Å². The van der Waals surface area contributed by atoms with Gasteiger partial charge in [0.1, 0.15) is 18.2 Å². The summed E-state index contributed by atoms with van der Waals surface area (Å²) in [5, 5.41) is 5.76. The molecule has 1 spiro atoms. The Hall–Kier alpha value is -2.03. The highest BCUT2D eigenvalue weighted by Crippen LogP contribution is 2.46. The van der Waals surface area contributed by atoms with Gasteiger partial charge in [-0.1, -0.05) is 31.4 Å². The van der Waals surface area contributed by atoms with Crippen molar-refractivity contribution in [3.05, 3.63) is 41.3 Å². The molecule has 2 aromatic heterocycles. The predicted molar refractivity (Wildman–Crippen MR) is 140 cm³/mol. The lowest BCUT2D eigenvalue weighted by molar-refractivity contribution is 0.0485. The minimum absolute atomic E-state index is 0.154. The van der Waals surface area contributed by atoms with Crippen molar-refractivity contribution >= 4 is 36.8 Å². The predicted octanol–water partition coefficient (Wildman–Crippen LogP) is 4.53. The van der Waals surface area contributed by atoms with Crippen LogP contribution < -0.4 is 9.64 Å². The lowest BCUT2D eigenvalue weighted by Crippen LogP contribution is -2.57. The lowest BCUT2D eigenvalue weighted by atomic mass is 9.68. The molecule has 1 atom stereocenters. The standard InChI is InChI=1S/C25H33ClN5O4P/c1-34-20(14-35-19-7-5-6-18(12-19)15-36(32)33)8-11-31-23-21(13-27-31)22(28-24(26)29-23)30-16-25(17-30)9-3-2-4-10-25/h5-7,12-13,20,32-33H,2-4,8-11,14-17H2,1H3. The van der Waals surface area contributed by atoms with Gasteiger partial charge >= 0.3 is 0 Å². The largest absolute Gasteiger partial charge is 0.491 e. The van der Waals surface area contributed by atoms with Crippen molar-refractivity contribution in [1.29, 1.82) is 0 Å². The van der Waals surface area contributed by atoms with Crippen LogP contribution in [0.3, 0.4) is 0 Å². The summed E-state index contributed by atoms with van der Waals surface area (Å²) in [5.74, 6) is 1.55. The van der Waals surface area contributed by atoms with E-state index in [9.17, 15) is 9.79 Å². The molecule has 1 aliphatic heterocycles. The molecule has 194 valence electrons. The molecule has 1 saturated heterocycles. The number of anilines is 1. The molecule has 5 rings (SSSR count). The number of ether oxygens (including phenoxy) is 2. The molecule has 0 amide bonds. The monoisotopic (exact) mass is 533 g/mol. The van der Waals surface area contributed by atoms with Crippen LogP contribution in [-0.2, 0) is 17.4 Å². The van der Waals surface area contributed by atoms with Gasteiger partial charge in [-0.2, -0.15) is 15.1 Å². The number of rotatable bonds is 10. The summed E-state index contributed by atoms with van der Waals surface area (Å²) < 4.78 is 13.4. The van der Waals surface area contributed by atoms with Crippen LogP contribution in [0.4, 0.5) is 5.82 Å². The van der Waals surface area contributed by atoms with E-state index in [1.165, 1.54) is 32.1 Å². The normalized spacial score (nSPS) is 18.1. The number of hydrogen-bond acceptors (Lipinski definition) is 8. The van der Waals surface area contributed by atoms with Crippen molar-refractivity contribution in [3.63, 3.8) is 0 Å². The van der Waals surface area contributed by atoms with E-state index in [0.29, 0.717) is 30.7 Å². The van der Waals surface area contributed by atoms with Crippen LogP contribution in [0.25, 0.3) is 11.0 Å². The summed E-state index contributed by atoms with van der Waals surface area (Å²) in [6.45, 7) is 3.02. The first kappa shape index (κ1) is 25.6. The quantitative estimate of drug-likeness (QED) is 0.289. The molecule has 2 fully saturated rings. The Balaban J connectivity index is 1.22. The number of benzene rings is 1. The van der Waals surface area contributed by atoms with Crippen LogP contribution in [-0.4, -0.2) is 62.4 Å². The van der Waals surface area contributed by atoms with E-state index in [4.69, 9.17) is 21.1 Å². The maximum absolute atomic E-state index is 9.26. The van der Waals surface area contributed by atoms with Gasteiger partial charge in [-0.15, -0.1) is 0 Å². The number of aromatic nitrogens is 4. The van der Waals surface area contributed by atoms with Gasteiger partial charge in [0.05, 0.1) is 17.7 Å². The topological polar surface area (TPSA) is 106 Å². The van der Waals surface area contributed by atoms with E-state index >= 15 is 0 Å². The van der Waals surface area contributed by atoms with Crippen molar-refractivity contribution in [1.82, 2.24) is 19.7 Å². The fourth-order valence-corrected chi connectivity index (χ4v) is 6.16. The second-order valence-corrected chi connectivity index (χ2v) is 11.4. The minimum atomic E-state index is -1.98. The molecule has 1 saturated carbocycles. The molecule has 3 aromatic rings. The number of hydrogen-bond donors (Lipinski definition) is 2. The molecule has 1 aliphatic carbocycles. The molecule has 9 nitrogen and oxygen atoms in total. The maximum Gasteiger partial charge on any atom is 0.226 e. The van der Waals surface area contributed by atoms with E-state index in [-0.39, 0.29) is 17.5 Å². The fraction of sp³-hybridized carbons (Fsp3) is 0.560. The van der Waals surface area contributed by atoms with E-state index in [1.807, 2.05) is 35.1 Å². The maximum atomic E-state index is 9.26. The zero-order valence-corrected chi connectivity index (χ0v) is 22.2. The van der Waals surface area contributed by atoms with E-state index in [2.05, 4.69) is 20.0 Å². The summed E-state index contributed by atoms with van der Waals surface area (Å²) >= 11 is 6.34. The number of fused-ring (bicyclic) bond motifs is 1. The van der Waals surface area contributed by atoms with Crippen molar-refractivity contribution < 1.29 is 19.3 Å². The van der Waals surface area contributed by atoms with Crippen LogP contribution in [0, 0.1) is 5.41 Å². The Kier molecular flexibility index (Phi) is 7.93. The first-order valence-corrected chi connectivity index (χ1v) is 14.3. The number of halogens is 1. The number of aryl methyl sites for hydroxylation is 1. The van der Waals surface area contributed by atoms with Crippen molar-refractivity contribution in [2.75, 3.05) is 31.7 Å². The summed E-state index contributed by atoms with van der Waals surface area (Å²) in [4.78, 5) is 29.9. The second-order valence-electron chi connectivity index (χ2n) is 9.97. The van der Waals surface area contributed by atoms with Crippen molar-refractivity contribution in [3.8, 4) is 5.75 Å². The van der Waals surface area contributed by atoms with E-state index < -0.39 is 8.38 Å². The van der Waals surface area contributed by atoms with Crippen LogP contribution in [0.15, 0.2) is 30.5 Å². The van der Waals surface area contributed by atoms with Gasteiger partial charge in [-0.05, 0) is 48.6 Å². The van der Waals surface area contributed by atoms with Crippen LogP contribution in [0.5, 0.6) is 5.75 Å². The molecular weight excluding hydrogens is 501 g/mol. The zero-order valence-electron chi connectivity index (χ0n) is 20.5. The average molecular weight is 534 g/mol. The van der Waals surface area contributed by atoms with Gasteiger partial charge in [0.15, 0.2) is 14.0 Å². The Bertz CT molecular complexity index is 1180. The third-order valence-corrected chi connectivity index (χ3v) is 8.19. The molecular formula is C25H33ClN5O4P. The highest BCUT2D eigenvalue weighted by molar-refractivity contribution is 7.44. The summed E-state index contributed by atoms with van der Waals surface area (Å²) in [6, 6.07) is 7.36. The number of nitrogens with zero attached hydrogens (tertiary/aromatic N) is 5. The molecule has 1 aromatic carbocycles. The van der Waals surface area contributed by atoms with E-state index in [0.717, 1.165) is 35.5 Å². The van der Waals surface area contributed by atoms with Gasteiger partial charge in [0, 0.05) is 38.3 Å². The molecule has 0 bridgehead atoms. The van der Waals surface area contributed by atoms with Crippen molar-refractivity contribution in [2.24, 2.45) is 5.41 Å². The average Bonchev–Trinajstić information content (AvgIpc) is 3.25. The Morgan fingerprint density at radius 2 is 1.97 bits per heavy atom. The highest BCUT2D eigenvalue weighted by atomic mass is 35.5. The Labute approximate surface area is 217 Å². The third kappa shape index (κ3) is 5.76. The van der Waals surface area contributed by atoms with Gasteiger partial charge in [0.25, 0.3) is 0 Å². The molecule has 2 aliphatic rings. The van der Waals surface area contributed by atoms with Crippen molar-refractivity contribution in [2.45, 2.75) is 57.3 Å². The molecule has 3 heterocycles. The van der Waals surface area contributed by atoms with Gasteiger partial charge in [0.2, 0.25) is 5.28 Å². The molecule has 36 heavy (non-hydrogen) atoms. The first-order chi connectivity index (χ1) is 17.4. The molecule has 2 N–H and O–H groups in total. The summed E-state index contributed by atoms with van der Waals surface area (Å²) in [5.41, 5.74) is 2.01. The van der Waals surface area contributed by atoms with E-state index in [1.54, 1.807) is 7.11 Å². The zero-order chi connectivity index (χ0) is 25.1. The SMILES string of the molecule is COC(CCn1ncc2c(N3CC4(CCCCC4)C3)nc(Cl)nc21)COc1cccc(CP(O)O)c1. The Morgan fingerprint density at radius 3 is 2.72 bits per heavy atom. The molecule has 1 unspecified atom stereocenters. The van der Waals surface area contributed by atoms with Gasteiger partial charge < -0.3 is 24.2 Å². The minimum Gasteiger partial charge on any atom is -0.491 e. The molecule has 0 radical (unpaired) electrons. The Morgan fingerprint density at radius 1 is 1.17 bits per heavy atom. The first-order valence-electron chi connectivity index (χ1n) is 12.5. The van der Waals surface area contributed by atoms with Gasteiger partial charge in [-0.25, -0.2) is 4.68 Å².